The topological polar surface area (TPSA) is 64.2 Å². The van der Waals surface area contributed by atoms with E-state index in [1.54, 1.807) is 12.5 Å². The molecular formula is C17H19N5O. The summed E-state index contributed by atoms with van der Waals surface area (Å²) in [5, 5.41) is 7.31. The Hall–Kier alpha value is -2.63. The number of carbonyl (C=O) groups excluding carboxylic acids is 1. The second kappa shape index (κ2) is 5.87. The zero-order valence-corrected chi connectivity index (χ0v) is 12.9. The van der Waals surface area contributed by atoms with Crippen molar-refractivity contribution in [3.8, 4) is 0 Å². The van der Waals surface area contributed by atoms with E-state index in [-0.39, 0.29) is 5.91 Å². The fraction of sp³-hybridized carbons (Fsp3) is 0.353. The molecule has 23 heavy (non-hydrogen) atoms. The van der Waals surface area contributed by atoms with Crippen LogP contribution < -0.4 is 5.32 Å². The van der Waals surface area contributed by atoms with Gasteiger partial charge in [0.25, 0.3) is 5.91 Å². The molecule has 0 aliphatic heterocycles. The van der Waals surface area contributed by atoms with Gasteiger partial charge in [-0.1, -0.05) is 25.3 Å². The SMILES string of the molecule is O=C(Nc1cnn(C2CCCCC2)c1)c1ncn2ccccc12. The molecule has 0 aromatic carbocycles. The number of imidazole rings is 1. The van der Waals surface area contributed by atoms with Crippen LogP contribution in [0.25, 0.3) is 5.52 Å². The third kappa shape index (κ3) is 2.72. The minimum atomic E-state index is -0.207. The maximum absolute atomic E-state index is 12.5. The van der Waals surface area contributed by atoms with Gasteiger partial charge in [-0.3, -0.25) is 9.48 Å². The van der Waals surface area contributed by atoms with Crippen LogP contribution in [0, 0.1) is 0 Å². The second-order valence-electron chi connectivity index (χ2n) is 6.04. The molecule has 3 heterocycles. The molecule has 6 heteroatoms. The molecule has 1 amide bonds. The van der Waals surface area contributed by atoms with Crippen LogP contribution in [0.15, 0.2) is 43.1 Å². The second-order valence-corrected chi connectivity index (χ2v) is 6.04. The highest BCUT2D eigenvalue weighted by Crippen LogP contribution is 2.28. The van der Waals surface area contributed by atoms with E-state index in [1.807, 2.05) is 39.7 Å². The summed E-state index contributed by atoms with van der Waals surface area (Å²) in [7, 11) is 0. The molecule has 0 spiro atoms. The number of nitrogens with zero attached hydrogens (tertiary/aromatic N) is 4. The summed E-state index contributed by atoms with van der Waals surface area (Å²) in [4.78, 5) is 16.7. The first kappa shape index (κ1) is 14.0. The number of hydrogen-bond donors (Lipinski definition) is 1. The Bertz CT molecular complexity index is 828. The van der Waals surface area contributed by atoms with Crippen molar-refractivity contribution in [3.63, 3.8) is 0 Å². The third-order valence-electron chi connectivity index (χ3n) is 4.47. The molecule has 1 saturated carbocycles. The van der Waals surface area contributed by atoms with Gasteiger partial charge >= 0.3 is 0 Å². The van der Waals surface area contributed by atoms with E-state index in [2.05, 4.69) is 15.4 Å². The number of fused-ring (bicyclic) bond motifs is 1. The molecule has 0 saturated heterocycles. The lowest BCUT2D eigenvalue weighted by molar-refractivity contribution is 0.102. The zero-order valence-electron chi connectivity index (χ0n) is 12.9. The molecule has 4 rings (SSSR count). The standard InChI is InChI=1S/C17H19N5O/c23-17(16-15-8-4-5-9-21(15)12-18-16)20-13-10-19-22(11-13)14-6-2-1-3-7-14/h4-5,8-12,14H,1-3,6-7H2,(H,20,23). The van der Waals surface area contributed by atoms with Gasteiger partial charge in [0, 0.05) is 12.4 Å². The van der Waals surface area contributed by atoms with Crippen molar-refractivity contribution in [2.45, 2.75) is 38.1 Å². The third-order valence-corrected chi connectivity index (χ3v) is 4.47. The highest BCUT2D eigenvalue weighted by molar-refractivity contribution is 6.07. The lowest BCUT2D eigenvalue weighted by Crippen LogP contribution is -2.14. The maximum atomic E-state index is 12.5. The highest BCUT2D eigenvalue weighted by atomic mass is 16.1. The molecule has 0 radical (unpaired) electrons. The van der Waals surface area contributed by atoms with E-state index in [0.29, 0.717) is 11.7 Å². The Kier molecular flexibility index (Phi) is 3.57. The first-order chi connectivity index (χ1) is 11.3. The maximum Gasteiger partial charge on any atom is 0.276 e. The minimum Gasteiger partial charge on any atom is -0.318 e. The summed E-state index contributed by atoms with van der Waals surface area (Å²) in [6, 6.07) is 6.15. The van der Waals surface area contributed by atoms with Crippen molar-refractivity contribution in [1.82, 2.24) is 19.2 Å². The number of pyridine rings is 1. The summed E-state index contributed by atoms with van der Waals surface area (Å²) < 4.78 is 3.82. The molecule has 118 valence electrons. The molecule has 0 bridgehead atoms. The number of amides is 1. The molecule has 1 fully saturated rings. The quantitative estimate of drug-likeness (QED) is 0.807. The van der Waals surface area contributed by atoms with Gasteiger partial charge in [-0.25, -0.2) is 4.98 Å². The Balaban J connectivity index is 1.51. The monoisotopic (exact) mass is 309 g/mol. The van der Waals surface area contributed by atoms with Gasteiger partial charge in [0.05, 0.1) is 23.4 Å². The first-order valence-electron chi connectivity index (χ1n) is 8.08. The molecule has 1 aliphatic carbocycles. The van der Waals surface area contributed by atoms with Crippen LogP contribution in [-0.2, 0) is 0 Å². The fourth-order valence-electron chi connectivity index (χ4n) is 3.26. The number of carbonyl (C=O) groups is 1. The lowest BCUT2D eigenvalue weighted by Gasteiger charge is -2.21. The van der Waals surface area contributed by atoms with E-state index in [0.717, 1.165) is 11.2 Å². The van der Waals surface area contributed by atoms with Crippen molar-refractivity contribution in [2.75, 3.05) is 5.32 Å². The van der Waals surface area contributed by atoms with Crippen LogP contribution in [0.1, 0.15) is 48.6 Å². The number of anilines is 1. The number of nitrogens with one attached hydrogen (secondary N) is 1. The Labute approximate surface area is 134 Å². The average molecular weight is 309 g/mol. The van der Waals surface area contributed by atoms with Crippen LogP contribution in [-0.4, -0.2) is 25.1 Å². The number of hydrogen-bond acceptors (Lipinski definition) is 3. The Morgan fingerprint density at radius 2 is 2.09 bits per heavy atom. The Morgan fingerprint density at radius 1 is 1.22 bits per heavy atom. The van der Waals surface area contributed by atoms with Crippen LogP contribution >= 0.6 is 0 Å². The summed E-state index contributed by atoms with van der Waals surface area (Å²) in [5.74, 6) is -0.207. The van der Waals surface area contributed by atoms with E-state index >= 15 is 0 Å². The van der Waals surface area contributed by atoms with Crippen molar-refractivity contribution in [3.05, 3.63) is 48.8 Å². The summed E-state index contributed by atoms with van der Waals surface area (Å²) in [5.41, 5.74) is 1.94. The first-order valence-corrected chi connectivity index (χ1v) is 8.08. The van der Waals surface area contributed by atoms with Gasteiger partial charge in [-0.05, 0) is 25.0 Å². The van der Waals surface area contributed by atoms with Crippen molar-refractivity contribution < 1.29 is 4.79 Å². The van der Waals surface area contributed by atoms with E-state index in [4.69, 9.17) is 0 Å². The molecule has 0 unspecified atom stereocenters. The van der Waals surface area contributed by atoms with Gasteiger partial charge in [-0.2, -0.15) is 5.10 Å². The predicted molar refractivity (Wildman–Crippen MR) is 87.5 cm³/mol. The lowest BCUT2D eigenvalue weighted by atomic mass is 9.96. The van der Waals surface area contributed by atoms with Gasteiger partial charge < -0.3 is 9.72 Å². The molecular weight excluding hydrogens is 290 g/mol. The van der Waals surface area contributed by atoms with Gasteiger partial charge in [0.1, 0.15) is 6.33 Å². The van der Waals surface area contributed by atoms with E-state index in [1.165, 1.54) is 32.1 Å². The van der Waals surface area contributed by atoms with Gasteiger partial charge in [0.2, 0.25) is 0 Å². The van der Waals surface area contributed by atoms with Crippen LogP contribution in [0.5, 0.6) is 0 Å². The van der Waals surface area contributed by atoms with Crippen LogP contribution in [0.2, 0.25) is 0 Å². The summed E-state index contributed by atoms with van der Waals surface area (Å²) >= 11 is 0. The van der Waals surface area contributed by atoms with E-state index in [9.17, 15) is 4.79 Å². The molecule has 3 aromatic rings. The predicted octanol–water partition coefficient (Wildman–Crippen LogP) is 3.29. The normalized spacial score (nSPS) is 15.8. The smallest absolute Gasteiger partial charge is 0.276 e. The molecule has 1 aliphatic rings. The Morgan fingerprint density at radius 3 is 2.96 bits per heavy atom. The minimum absolute atomic E-state index is 0.207. The number of aromatic nitrogens is 4. The largest absolute Gasteiger partial charge is 0.318 e. The average Bonchev–Trinajstić information content (AvgIpc) is 3.22. The molecule has 1 N–H and O–H groups in total. The van der Waals surface area contributed by atoms with Crippen LogP contribution in [0.4, 0.5) is 5.69 Å². The van der Waals surface area contributed by atoms with Gasteiger partial charge in [-0.15, -0.1) is 0 Å². The van der Waals surface area contributed by atoms with Crippen molar-refractivity contribution in [2.24, 2.45) is 0 Å². The zero-order chi connectivity index (χ0) is 15.6. The van der Waals surface area contributed by atoms with Gasteiger partial charge in [0.15, 0.2) is 5.69 Å². The summed E-state index contributed by atoms with van der Waals surface area (Å²) in [6.45, 7) is 0. The van der Waals surface area contributed by atoms with Crippen molar-refractivity contribution >= 4 is 17.1 Å². The molecule has 0 atom stereocenters. The van der Waals surface area contributed by atoms with Crippen LogP contribution in [0.3, 0.4) is 0 Å². The fourth-order valence-corrected chi connectivity index (χ4v) is 3.26. The molecule has 6 nitrogen and oxygen atoms in total. The number of rotatable bonds is 3. The molecule has 3 aromatic heterocycles. The highest BCUT2D eigenvalue weighted by Gasteiger charge is 2.18. The summed E-state index contributed by atoms with van der Waals surface area (Å²) in [6.07, 6.45) is 13.3. The van der Waals surface area contributed by atoms with E-state index < -0.39 is 0 Å². The van der Waals surface area contributed by atoms with Crippen molar-refractivity contribution in [1.29, 1.82) is 0 Å².